The summed E-state index contributed by atoms with van der Waals surface area (Å²) in [5, 5.41) is 18.8. The number of aliphatic carboxylic acids is 1. The van der Waals surface area contributed by atoms with Gasteiger partial charge in [-0.05, 0) is 0 Å². The predicted octanol–water partition coefficient (Wildman–Crippen LogP) is -1.96. The summed E-state index contributed by atoms with van der Waals surface area (Å²) in [4.78, 5) is 57.5. The molecular weight excluding hydrogens is 438 g/mol. The van der Waals surface area contributed by atoms with Crippen molar-refractivity contribution in [2.75, 3.05) is 25.2 Å². The Hall–Kier alpha value is -3.13. The van der Waals surface area contributed by atoms with Gasteiger partial charge in [-0.2, -0.15) is 0 Å². The molecule has 160 valence electrons. The fraction of sp³-hybridized carbons (Fsp3) is 0.375. The van der Waals surface area contributed by atoms with Crippen molar-refractivity contribution < 1.29 is 33.9 Å². The number of β-lactam (4-membered cyclic amide) rings is 1. The molecular formula is C16H16N5O7S2-. The maximum Gasteiger partial charge on any atom is 0.302 e. The second-order valence-corrected chi connectivity index (χ2v) is 8.07. The highest BCUT2D eigenvalue weighted by Gasteiger charge is 2.53. The minimum atomic E-state index is -1.57. The van der Waals surface area contributed by atoms with E-state index in [1.165, 1.54) is 31.2 Å². The Kier molecular flexibility index (Phi) is 6.26. The van der Waals surface area contributed by atoms with E-state index in [-0.39, 0.29) is 40.2 Å². The number of nitrogen functional groups attached to an aromatic ring is 1. The lowest BCUT2D eigenvalue weighted by Gasteiger charge is -2.50. The van der Waals surface area contributed by atoms with Gasteiger partial charge in [-0.15, -0.1) is 23.1 Å². The van der Waals surface area contributed by atoms with Gasteiger partial charge in [0.2, 0.25) is 0 Å². The summed E-state index contributed by atoms with van der Waals surface area (Å²) in [6, 6.07) is -0.995. The number of carbonyl (C=O) groups is 4. The van der Waals surface area contributed by atoms with E-state index in [1.54, 1.807) is 0 Å². The van der Waals surface area contributed by atoms with Crippen LogP contribution >= 0.6 is 23.1 Å². The van der Waals surface area contributed by atoms with E-state index >= 15 is 0 Å². The fourth-order valence-electron chi connectivity index (χ4n) is 2.87. The molecule has 12 nitrogen and oxygen atoms in total. The van der Waals surface area contributed by atoms with Gasteiger partial charge in [0.15, 0.2) is 10.8 Å². The Bertz CT molecular complexity index is 973. The number of aromatic nitrogens is 1. The Morgan fingerprint density at radius 3 is 2.77 bits per heavy atom. The standard InChI is InChI=1S/C16H17N5O7S2/c1-6(22)28-3-7-4-29-14-10(13(24)21(14)11(7)15(25)26)19-12(23)9(20-27-2)8-5-30-16(17)18-8/h5,10,14H,3-4H2,1-2H3,(H2,17,18)(H,19,23)(H,25,26)/p-1/b20-9+/t10-,14+/m0/s1. The number of esters is 1. The molecule has 1 fully saturated rings. The molecule has 2 aliphatic heterocycles. The predicted molar refractivity (Wildman–Crippen MR) is 104 cm³/mol. The number of nitrogens with one attached hydrogen (secondary N) is 1. The van der Waals surface area contributed by atoms with Crippen LogP contribution in [0.2, 0.25) is 0 Å². The van der Waals surface area contributed by atoms with Crippen LogP contribution in [-0.2, 0) is 28.8 Å². The minimum Gasteiger partial charge on any atom is -0.543 e. The maximum atomic E-state index is 12.6. The molecule has 1 saturated heterocycles. The molecule has 2 amide bonds. The molecule has 1 aromatic heterocycles. The van der Waals surface area contributed by atoms with Gasteiger partial charge in [0.1, 0.15) is 30.8 Å². The largest absolute Gasteiger partial charge is 0.543 e. The van der Waals surface area contributed by atoms with Crippen molar-refractivity contribution in [3.8, 4) is 0 Å². The number of oxime groups is 1. The number of rotatable bonds is 7. The van der Waals surface area contributed by atoms with E-state index in [0.29, 0.717) is 0 Å². The zero-order valence-electron chi connectivity index (χ0n) is 15.7. The Balaban J connectivity index is 1.77. The highest BCUT2D eigenvalue weighted by atomic mass is 32.2. The number of thioether (sulfide) groups is 1. The number of anilines is 1. The summed E-state index contributed by atoms with van der Waals surface area (Å²) in [5.74, 6) is -3.35. The molecule has 1 aromatic rings. The van der Waals surface area contributed by atoms with Crippen molar-refractivity contribution >= 4 is 57.7 Å². The van der Waals surface area contributed by atoms with Crippen LogP contribution in [0.5, 0.6) is 0 Å². The molecule has 0 unspecified atom stereocenters. The maximum absolute atomic E-state index is 12.6. The number of nitrogens with two attached hydrogens (primary N) is 1. The summed E-state index contributed by atoms with van der Waals surface area (Å²) in [7, 11) is 1.25. The Labute approximate surface area is 178 Å². The minimum absolute atomic E-state index is 0.177. The molecule has 2 atom stereocenters. The molecule has 0 saturated carbocycles. The second kappa shape index (κ2) is 8.71. The SMILES string of the molecule is CO/N=C(/C(=O)N[C@H]1C(=O)N2C(C(=O)[O-])=C(COC(C)=O)CS[C@H]12)c1csc(N)n1. The van der Waals surface area contributed by atoms with Crippen molar-refractivity contribution in [3.63, 3.8) is 0 Å². The third-order valence-electron chi connectivity index (χ3n) is 4.14. The fourth-order valence-corrected chi connectivity index (χ4v) is 4.75. The van der Waals surface area contributed by atoms with Gasteiger partial charge < -0.3 is 30.5 Å². The quantitative estimate of drug-likeness (QED) is 0.204. The molecule has 3 rings (SSSR count). The molecule has 0 spiro atoms. The number of carbonyl (C=O) groups excluding carboxylic acids is 4. The molecule has 3 N–H and O–H groups in total. The van der Waals surface area contributed by atoms with Crippen LogP contribution in [0, 0.1) is 0 Å². The third-order valence-corrected chi connectivity index (χ3v) is 6.15. The van der Waals surface area contributed by atoms with E-state index in [1.807, 2.05) is 0 Å². The molecule has 0 aromatic carbocycles. The van der Waals surface area contributed by atoms with Crippen LogP contribution in [0.3, 0.4) is 0 Å². The van der Waals surface area contributed by atoms with Gasteiger partial charge in [-0.25, -0.2) is 4.98 Å². The number of hydrogen-bond acceptors (Lipinski definition) is 12. The number of fused-ring (bicyclic) bond motifs is 1. The highest BCUT2D eigenvalue weighted by Crippen LogP contribution is 2.40. The first-order valence-electron chi connectivity index (χ1n) is 8.39. The van der Waals surface area contributed by atoms with Crippen molar-refractivity contribution in [1.82, 2.24) is 15.2 Å². The van der Waals surface area contributed by atoms with Gasteiger partial charge in [0.05, 0.1) is 11.7 Å². The normalized spacial score (nSPS) is 20.9. The molecule has 3 heterocycles. The van der Waals surface area contributed by atoms with Gasteiger partial charge >= 0.3 is 5.97 Å². The number of carboxylic acids is 1. The molecule has 30 heavy (non-hydrogen) atoms. The van der Waals surface area contributed by atoms with Gasteiger partial charge in [-0.3, -0.25) is 19.3 Å². The second-order valence-electron chi connectivity index (χ2n) is 6.07. The monoisotopic (exact) mass is 454 g/mol. The van der Waals surface area contributed by atoms with Crippen LogP contribution in [0.1, 0.15) is 12.6 Å². The lowest BCUT2D eigenvalue weighted by molar-refractivity contribution is -0.301. The molecule has 0 radical (unpaired) electrons. The molecule has 2 aliphatic rings. The average molecular weight is 454 g/mol. The number of carboxylic acid groups (broad SMARTS) is 1. The van der Waals surface area contributed by atoms with Crippen molar-refractivity contribution in [1.29, 1.82) is 0 Å². The van der Waals surface area contributed by atoms with E-state index in [4.69, 9.17) is 10.5 Å². The number of ether oxygens (including phenoxy) is 1. The number of hydrogen-bond donors (Lipinski definition) is 2. The zero-order valence-corrected chi connectivity index (χ0v) is 17.4. The van der Waals surface area contributed by atoms with Gasteiger partial charge in [0, 0.05) is 23.6 Å². The topological polar surface area (TPSA) is 176 Å². The highest BCUT2D eigenvalue weighted by molar-refractivity contribution is 8.00. The van der Waals surface area contributed by atoms with Crippen LogP contribution in [0.4, 0.5) is 5.13 Å². The summed E-state index contributed by atoms with van der Waals surface area (Å²) < 4.78 is 4.85. The van der Waals surface area contributed by atoms with Crippen LogP contribution in [-0.4, -0.2) is 70.2 Å². The third kappa shape index (κ3) is 4.09. The lowest BCUT2D eigenvalue weighted by atomic mass is 10.0. The van der Waals surface area contributed by atoms with E-state index in [9.17, 15) is 24.3 Å². The summed E-state index contributed by atoms with van der Waals surface area (Å²) >= 11 is 2.32. The summed E-state index contributed by atoms with van der Waals surface area (Å²) in [5.41, 5.74) is 5.46. The first-order chi connectivity index (χ1) is 14.2. The lowest BCUT2D eigenvalue weighted by Crippen LogP contribution is -2.71. The van der Waals surface area contributed by atoms with E-state index in [2.05, 4.69) is 20.3 Å². The average Bonchev–Trinajstić information content (AvgIpc) is 3.13. The van der Waals surface area contributed by atoms with E-state index in [0.717, 1.165) is 16.2 Å². The van der Waals surface area contributed by atoms with Gasteiger partial charge in [-0.1, -0.05) is 5.16 Å². The Morgan fingerprint density at radius 2 is 2.20 bits per heavy atom. The first-order valence-corrected chi connectivity index (χ1v) is 10.3. The number of nitrogens with zero attached hydrogens (tertiary/aromatic N) is 3. The summed E-state index contributed by atoms with van der Waals surface area (Å²) in [6.07, 6.45) is 0. The molecule has 0 aliphatic carbocycles. The van der Waals surface area contributed by atoms with Crippen LogP contribution < -0.4 is 16.2 Å². The van der Waals surface area contributed by atoms with Crippen molar-refractivity contribution in [2.45, 2.75) is 18.3 Å². The summed E-state index contributed by atoms with van der Waals surface area (Å²) in [6.45, 7) is 0.919. The van der Waals surface area contributed by atoms with E-state index < -0.39 is 35.2 Å². The molecule has 0 bridgehead atoms. The number of amides is 2. The van der Waals surface area contributed by atoms with Gasteiger partial charge in [0.25, 0.3) is 11.8 Å². The first kappa shape index (κ1) is 21.6. The van der Waals surface area contributed by atoms with Crippen LogP contribution in [0.25, 0.3) is 0 Å². The van der Waals surface area contributed by atoms with Crippen LogP contribution in [0.15, 0.2) is 21.8 Å². The number of thiazole rings is 1. The molecule has 14 heteroatoms. The smallest absolute Gasteiger partial charge is 0.302 e. The van der Waals surface area contributed by atoms with Crippen molar-refractivity contribution in [2.24, 2.45) is 5.16 Å². The zero-order chi connectivity index (χ0) is 22.0. The Morgan fingerprint density at radius 1 is 1.47 bits per heavy atom. The van der Waals surface area contributed by atoms with Crippen molar-refractivity contribution in [3.05, 3.63) is 22.3 Å².